The molecule has 0 unspecified atom stereocenters. The summed E-state index contributed by atoms with van der Waals surface area (Å²) in [4.78, 5) is 26.5. The van der Waals surface area contributed by atoms with Crippen molar-refractivity contribution in [3.63, 3.8) is 0 Å². The van der Waals surface area contributed by atoms with Crippen LogP contribution in [-0.4, -0.2) is 199 Å². The van der Waals surface area contributed by atoms with Crippen LogP contribution in [0.25, 0.3) is 0 Å². The summed E-state index contributed by atoms with van der Waals surface area (Å²) in [6.45, 7) is 14.6. The quantitative estimate of drug-likeness (QED) is 0.0735. The average molecular weight is 1070 g/mol. The third-order valence-electron chi connectivity index (χ3n) is 20.9. The van der Waals surface area contributed by atoms with Gasteiger partial charge in [0.05, 0.1) is 50.0 Å². The van der Waals surface area contributed by atoms with Gasteiger partial charge in [0.15, 0.2) is 24.6 Å². The number of ketones is 1. The summed E-state index contributed by atoms with van der Waals surface area (Å²) >= 11 is 0. The van der Waals surface area contributed by atoms with Crippen LogP contribution >= 0.6 is 0 Å². The summed E-state index contributed by atoms with van der Waals surface area (Å²) in [7, 11) is 0. The number of hydrogen-bond acceptors (Lipinski definition) is 21. The van der Waals surface area contributed by atoms with Crippen LogP contribution in [0, 0.1) is 50.2 Å². The van der Waals surface area contributed by atoms with Crippen LogP contribution in [0.15, 0.2) is 23.2 Å². The van der Waals surface area contributed by atoms with Gasteiger partial charge in [-0.15, -0.1) is 0 Å². The van der Waals surface area contributed by atoms with Crippen molar-refractivity contribution < 1.29 is 104 Å². The van der Waals surface area contributed by atoms with E-state index in [1.807, 2.05) is 6.92 Å². The standard InChI is InChI=1S/C54H84O21/c1-24-36(60)28(59)17-35(68-24)72-34-19-49(3,4)18-27-26-9-10-32-50(5)13-12-33(51(6,22-57)31(50)11-14-53(32,8)52(26,7)15-16-54(27,34)23-58)73-47-44(41(65)38(62)29(20-55)70-47)75-48-45(42(66)39(63)30(21-56)71-48)74-46-43(67)40(64)37(61)25(2)69-46/h9,23,25,27,29-35,37-48,55-57,60-67H,10-22H2,1-8H3/t25-,27+,29-,30-,31+,32+,33-,34+,35+,37-,38-,39-,40+,41+,42+,43-,44-,45-,46+,47+,48+,50-,51-,52+,53+,54+/m0/s1. The monoisotopic (exact) mass is 1070 g/mol. The van der Waals surface area contributed by atoms with E-state index < -0.39 is 146 Å². The van der Waals surface area contributed by atoms with Gasteiger partial charge in [0.2, 0.25) is 12.1 Å². The minimum Gasteiger partial charge on any atom is -0.502 e. The van der Waals surface area contributed by atoms with Crippen LogP contribution in [0.3, 0.4) is 0 Å². The highest BCUT2D eigenvalue weighted by Gasteiger charge is 2.71. The molecule has 4 heterocycles. The number of hydrogen-bond donors (Lipinski definition) is 11. The van der Waals surface area contributed by atoms with Gasteiger partial charge in [0, 0.05) is 5.41 Å². The molecule has 7 fully saturated rings. The van der Waals surface area contributed by atoms with Gasteiger partial charge in [0.1, 0.15) is 79.2 Å². The van der Waals surface area contributed by atoms with Gasteiger partial charge in [-0.05, 0) is 111 Å². The van der Waals surface area contributed by atoms with Crippen LogP contribution in [0.4, 0.5) is 0 Å². The molecule has 0 aromatic rings. The molecule has 426 valence electrons. The number of ether oxygens (including phenoxy) is 8. The Kier molecular flexibility index (Phi) is 15.8. The Labute approximate surface area is 438 Å². The van der Waals surface area contributed by atoms with Crippen molar-refractivity contribution in [2.45, 2.75) is 230 Å². The summed E-state index contributed by atoms with van der Waals surface area (Å²) in [5.74, 6) is -0.878. The van der Waals surface area contributed by atoms with E-state index in [0.29, 0.717) is 32.1 Å². The molecule has 21 nitrogen and oxygen atoms in total. The maximum atomic E-state index is 13.8. The lowest BCUT2D eigenvalue weighted by Crippen LogP contribution is -2.68. The van der Waals surface area contributed by atoms with Crippen LogP contribution in [0.1, 0.15) is 120 Å². The van der Waals surface area contributed by atoms with Crippen molar-refractivity contribution in [1.29, 1.82) is 0 Å². The maximum Gasteiger partial charge on any atom is 0.207 e. The summed E-state index contributed by atoms with van der Waals surface area (Å²) in [5, 5.41) is 119. The number of aliphatic hydroxyl groups is 11. The molecule has 21 heteroatoms. The van der Waals surface area contributed by atoms with Crippen LogP contribution in [-0.2, 0) is 47.5 Å². The fraction of sp³-hybridized carbons (Fsp3) is 0.889. The van der Waals surface area contributed by atoms with Crippen molar-refractivity contribution in [3.05, 3.63) is 23.2 Å². The first-order valence-corrected chi connectivity index (χ1v) is 27.1. The van der Waals surface area contributed by atoms with Gasteiger partial charge in [0.25, 0.3) is 0 Å². The summed E-state index contributed by atoms with van der Waals surface area (Å²) in [6.07, 6.45) is -17.6. The summed E-state index contributed by atoms with van der Waals surface area (Å²) in [6, 6.07) is 0. The molecule has 0 spiro atoms. The lowest BCUT2D eigenvalue weighted by Gasteiger charge is -2.71. The Morgan fingerprint density at radius 1 is 0.680 bits per heavy atom. The highest BCUT2D eigenvalue weighted by molar-refractivity contribution is 5.94. The molecule has 0 aromatic carbocycles. The smallest absolute Gasteiger partial charge is 0.207 e. The van der Waals surface area contributed by atoms with Crippen LogP contribution in [0.5, 0.6) is 0 Å². The molecule has 9 rings (SSSR count). The number of allylic oxidation sites excluding steroid dienone is 4. The second kappa shape index (κ2) is 20.7. The summed E-state index contributed by atoms with van der Waals surface area (Å²) in [5.41, 5.74) is -1.64. The molecule has 26 atom stereocenters. The van der Waals surface area contributed by atoms with Gasteiger partial charge in [-0.2, -0.15) is 0 Å². The minimum atomic E-state index is -1.89. The predicted molar refractivity (Wildman–Crippen MR) is 259 cm³/mol. The highest BCUT2D eigenvalue weighted by atomic mass is 16.8. The van der Waals surface area contributed by atoms with Gasteiger partial charge in [-0.1, -0.05) is 53.2 Å². The van der Waals surface area contributed by atoms with Crippen molar-refractivity contribution in [3.8, 4) is 0 Å². The molecule has 11 N–H and O–H groups in total. The third-order valence-corrected chi connectivity index (χ3v) is 20.9. The Morgan fingerprint density at radius 3 is 1.88 bits per heavy atom. The molecule has 4 aliphatic heterocycles. The van der Waals surface area contributed by atoms with Gasteiger partial charge < -0.3 is 98.9 Å². The molecule has 75 heavy (non-hydrogen) atoms. The second-order valence-electron chi connectivity index (χ2n) is 25.5. The zero-order valence-electron chi connectivity index (χ0n) is 44.5. The van der Waals surface area contributed by atoms with Crippen molar-refractivity contribution in [2.75, 3.05) is 19.8 Å². The van der Waals surface area contributed by atoms with E-state index >= 15 is 0 Å². The molecule has 5 aliphatic carbocycles. The Balaban J connectivity index is 0.979. The topological polar surface area (TPSA) is 331 Å². The predicted octanol–water partition coefficient (Wildman–Crippen LogP) is 0.921. The van der Waals surface area contributed by atoms with Gasteiger partial charge in [-0.3, -0.25) is 4.79 Å². The van der Waals surface area contributed by atoms with E-state index in [1.54, 1.807) is 0 Å². The van der Waals surface area contributed by atoms with E-state index in [2.05, 4.69) is 40.7 Å². The fourth-order valence-corrected chi connectivity index (χ4v) is 16.3. The van der Waals surface area contributed by atoms with Crippen molar-refractivity contribution in [2.24, 2.45) is 50.2 Å². The maximum absolute atomic E-state index is 13.8. The van der Waals surface area contributed by atoms with E-state index in [9.17, 15) is 65.8 Å². The Morgan fingerprint density at radius 2 is 1.29 bits per heavy atom. The first-order valence-electron chi connectivity index (χ1n) is 27.1. The SMILES string of the molecule is CC1=C(O)C(=O)C[C@@H](O[C@@H]2CC(C)(C)C[C@@H]3C4=CC[C@@H]5[C@@]6(C)CC[C@H](O[C@H]7O[C@@H](CO)[C@H](O)[C@@H](O)[C@@H]7O[C@H]7O[C@@H](CO)[C@H](O)[C@@H](O)[C@@H]7O[C@H]7O[C@@H](C)[C@H](O)[C@@H](O)[C@@H]7O)[C@@](C)(CO)[C@@H]6CC[C@@]5(C)[C@]4(C)CC[C@@]32C=O)O1. The number of fused-ring (bicyclic) bond motifs is 7. The normalized spacial score (nSPS) is 52.9. The van der Waals surface area contributed by atoms with Gasteiger partial charge in [-0.25, -0.2) is 0 Å². The largest absolute Gasteiger partial charge is 0.502 e. The molecular weight excluding hydrogens is 985 g/mol. The zero-order chi connectivity index (χ0) is 54.7. The minimum absolute atomic E-state index is 0.102. The lowest BCUT2D eigenvalue weighted by atomic mass is 9.33. The van der Waals surface area contributed by atoms with E-state index in [4.69, 9.17) is 37.9 Å². The molecule has 9 aliphatic rings. The third kappa shape index (κ3) is 9.20. The second-order valence-corrected chi connectivity index (χ2v) is 25.5. The first-order chi connectivity index (χ1) is 35.2. The molecule has 0 bridgehead atoms. The number of carbonyl (C=O) groups excluding carboxylic acids is 2. The van der Waals surface area contributed by atoms with Crippen LogP contribution < -0.4 is 0 Å². The highest BCUT2D eigenvalue weighted by Crippen LogP contribution is 2.76. The van der Waals surface area contributed by atoms with Crippen LogP contribution in [0.2, 0.25) is 0 Å². The number of aldehydes is 1. The van der Waals surface area contributed by atoms with Crippen molar-refractivity contribution in [1.82, 2.24) is 0 Å². The Bertz CT molecular complexity index is 2170. The van der Waals surface area contributed by atoms with E-state index in [-0.39, 0.29) is 58.2 Å². The zero-order valence-corrected chi connectivity index (χ0v) is 44.5. The summed E-state index contributed by atoms with van der Waals surface area (Å²) < 4.78 is 49.4. The molecular formula is C54H84O21. The van der Waals surface area contributed by atoms with E-state index in [1.165, 1.54) is 19.4 Å². The van der Waals surface area contributed by atoms with Crippen molar-refractivity contribution >= 4 is 12.1 Å². The molecule has 0 amide bonds. The lowest BCUT2D eigenvalue weighted by molar-refractivity contribution is -0.398. The van der Waals surface area contributed by atoms with E-state index in [0.717, 1.165) is 32.0 Å². The fourth-order valence-electron chi connectivity index (χ4n) is 16.3. The molecule has 0 aromatic heterocycles. The molecule has 0 radical (unpaired) electrons. The molecule has 3 saturated heterocycles. The number of Topliss-reactive ketones (excluding diaryl/α,β-unsaturated/α-hetero) is 1. The van der Waals surface area contributed by atoms with Gasteiger partial charge >= 0.3 is 0 Å². The number of aliphatic hydroxyl groups excluding tert-OH is 11. The average Bonchev–Trinajstić information content (AvgIpc) is 3.36. The molecule has 4 saturated carbocycles. The Hall–Kier alpha value is -2.26. The first kappa shape index (κ1) is 57.4. The number of carbonyl (C=O) groups is 2. The number of rotatable bonds is 12.